The summed E-state index contributed by atoms with van der Waals surface area (Å²) in [6.45, 7) is 3.59. The average molecular weight is 486 g/mol. The minimum atomic E-state index is -3.94. The summed E-state index contributed by atoms with van der Waals surface area (Å²) in [4.78, 5) is 12.9. The van der Waals surface area contributed by atoms with Crippen molar-refractivity contribution in [3.05, 3.63) is 87.2 Å². The Morgan fingerprint density at radius 1 is 1.00 bits per heavy atom. The molecule has 0 spiro atoms. The number of anilines is 1. The maximum Gasteiger partial charge on any atom is 0.343 e. The molecule has 1 aliphatic carbocycles. The van der Waals surface area contributed by atoms with Crippen LogP contribution in [0, 0.1) is 5.82 Å². The molecule has 2 aromatic carbocycles. The molecule has 0 amide bonds. The monoisotopic (exact) mass is 485 g/mol. The van der Waals surface area contributed by atoms with E-state index in [-0.39, 0.29) is 21.9 Å². The molecule has 1 aromatic heterocycles. The van der Waals surface area contributed by atoms with Gasteiger partial charge >= 0.3 is 5.63 Å². The van der Waals surface area contributed by atoms with Crippen LogP contribution in [0.5, 0.6) is 5.75 Å². The molecular weight excluding hydrogens is 457 g/mol. The zero-order chi connectivity index (χ0) is 24.5. The lowest BCUT2D eigenvalue weighted by Gasteiger charge is -2.27. The Hall–Kier alpha value is -3.13. The highest BCUT2D eigenvalue weighted by molar-refractivity contribution is 7.92. The second-order valence-electron chi connectivity index (χ2n) is 9.19. The molecule has 1 aliphatic rings. The molecule has 0 bridgehead atoms. The van der Waals surface area contributed by atoms with Crippen molar-refractivity contribution in [2.45, 2.75) is 62.7 Å². The molecule has 0 aliphatic heterocycles. The molecule has 0 saturated heterocycles. The molecule has 8 heteroatoms. The van der Waals surface area contributed by atoms with Crippen LogP contribution in [0.3, 0.4) is 0 Å². The fourth-order valence-corrected chi connectivity index (χ4v) is 5.55. The zero-order valence-corrected chi connectivity index (χ0v) is 20.0. The van der Waals surface area contributed by atoms with Crippen LogP contribution in [0.2, 0.25) is 0 Å². The largest absolute Gasteiger partial charge is 0.507 e. The Bertz CT molecular complexity index is 1360. The van der Waals surface area contributed by atoms with Gasteiger partial charge < -0.3 is 9.52 Å². The number of sulfonamides is 1. The SMILES string of the molecule is CC(C)(c1cccc(NS(=O)(=O)c2ccc(F)cc2)c1)c1c(O)c2c(oc1=O)CCCCCC2. The second kappa shape index (κ2) is 9.25. The van der Waals surface area contributed by atoms with Crippen molar-refractivity contribution >= 4 is 15.7 Å². The van der Waals surface area contributed by atoms with Crippen molar-refractivity contribution in [1.29, 1.82) is 0 Å². The maximum atomic E-state index is 13.2. The number of hydrogen-bond acceptors (Lipinski definition) is 5. The summed E-state index contributed by atoms with van der Waals surface area (Å²) >= 11 is 0. The van der Waals surface area contributed by atoms with E-state index in [9.17, 15) is 22.7 Å². The molecule has 0 fully saturated rings. The molecule has 0 saturated carbocycles. The van der Waals surface area contributed by atoms with Crippen LogP contribution in [-0.4, -0.2) is 13.5 Å². The third kappa shape index (κ3) is 4.73. The van der Waals surface area contributed by atoms with Crippen molar-refractivity contribution < 1.29 is 22.3 Å². The van der Waals surface area contributed by atoms with E-state index in [1.165, 1.54) is 12.1 Å². The van der Waals surface area contributed by atoms with Gasteiger partial charge in [-0.3, -0.25) is 4.72 Å². The van der Waals surface area contributed by atoms with E-state index in [0.717, 1.165) is 37.8 Å². The Morgan fingerprint density at radius 2 is 1.68 bits per heavy atom. The topological polar surface area (TPSA) is 96.6 Å². The standard InChI is InChI=1S/C26H28FNO5S/c1-26(2,23-24(29)21-10-5-3-4-6-11-22(21)33-25(23)30)17-8-7-9-19(16-17)28-34(31,32)20-14-12-18(27)13-15-20/h7-9,12-16,28-29H,3-6,10-11H2,1-2H3. The minimum Gasteiger partial charge on any atom is -0.507 e. The number of halogens is 1. The van der Waals surface area contributed by atoms with Gasteiger partial charge in [-0.05, 0) is 61.2 Å². The van der Waals surface area contributed by atoms with E-state index in [1.54, 1.807) is 38.1 Å². The molecule has 0 atom stereocenters. The molecule has 0 unspecified atom stereocenters. The summed E-state index contributed by atoms with van der Waals surface area (Å²) < 4.78 is 46.8. The summed E-state index contributed by atoms with van der Waals surface area (Å²) in [7, 11) is -3.94. The number of benzene rings is 2. The van der Waals surface area contributed by atoms with Crippen molar-refractivity contribution in [1.82, 2.24) is 0 Å². The van der Waals surface area contributed by atoms with E-state index in [1.807, 2.05) is 0 Å². The van der Waals surface area contributed by atoms with Crippen molar-refractivity contribution in [3.8, 4) is 5.75 Å². The summed E-state index contributed by atoms with van der Waals surface area (Å²) in [5.41, 5.74) is 0.213. The zero-order valence-electron chi connectivity index (χ0n) is 19.2. The van der Waals surface area contributed by atoms with Gasteiger partial charge in [0.2, 0.25) is 0 Å². The summed E-state index contributed by atoms with van der Waals surface area (Å²) in [5.74, 6) is -0.00397. The van der Waals surface area contributed by atoms with Gasteiger partial charge in [-0.25, -0.2) is 17.6 Å². The number of aryl methyl sites for hydroxylation is 1. The third-order valence-corrected chi connectivity index (χ3v) is 7.84. The first kappa shape index (κ1) is 24.0. The first-order valence-electron chi connectivity index (χ1n) is 11.4. The van der Waals surface area contributed by atoms with Crippen LogP contribution >= 0.6 is 0 Å². The van der Waals surface area contributed by atoms with E-state index in [0.29, 0.717) is 29.7 Å². The van der Waals surface area contributed by atoms with E-state index >= 15 is 0 Å². The molecule has 0 radical (unpaired) electrons. The van der Waals surface area contributed by atoms with Crippen molar-refractivity contribution in [2.75, 3.05) is 4.72 Å². The van der Waals surface area contributed by atoms with Crippen molar-refractivity contribution in [2.24, 2.45) is 0 Å². The van der Waals surface area contributed by atoms with Gasteiger partial charge in [0.1, 0.15) is 17.3 Å². The quantitative estimate of drug-likeness (QED) is 0.513. The number of fused-ring (bicyclic) bond motifs is 1. The van der Waals surface area contributed by atoms with Gasteiger partial charge in [-0.1, -0.05) is 38.8 Å². The minimum absolute atomic E-state index is 0.0320. The molecule has 34 heavy (non-hydrogen) atoms. The summed E-state index contributed by atoms with van der Waals surface area (Å²) in [6, 6.07) is 11.2. The fraction of sp³-hybridized carbons (Fsp3) is 0.346. The Labute approximate surface area is 198 Å². The average Bonchev–Trinajstić information content (AvgIpc) is 2.75. The third-order valence-electron chi connectivity index (χ3n) is 6.45. The lowest BCUT2D eigenvalue weighted by Crippen LogP contribution is -2.28. The number of aromatic hydroxyl groups is 1. The summed E-state index contributed by atoms with van der Waals surface area (Å²) in [5, 5.41) is 11.2. The van der Waals surface area contributed by atoms with Crippen molar-refractivity contribution in [3.63, 3.8) is 0 Å². The molecule has 6 nitrogen and oxygen atoms in total. The van der Waals surface area contributed by atoms with Crippen LogP contribution in [0.1, 0.15) is 62.0 Å². The Kier molecular flexibility index (Phi) is 6.53. The predicted molar refractivity (Wildman–Crippen MR) is 128 cm³/mol. The van der Waals surface area contributed by atoms with Gasteiger partial charge in [0.05, 0.1) is 10.5 Å². The van der Waals surface area contributed by atoms with Crippen LogP contribution in [0.4, 0.5) is 10.1 Å². The van der Waals surface area contributed by atoms with E-state index in [2.05, 4.69) is 4.72 Å². The first-order valence-corrected chi connectivity index (χ1v) is 12.8. The van der Waals surface area contributed by atoms with Gasteiger partial charge in [-0.15, -0.1) is 0 Å². The van der Waals surface area contributed by atoms with Gasteiger partial charge in [0, 0.05) is 23.1 Å². The van der Waals surface area contributed by atoms with E-state index < -0.39 is 26.9 Å². The Balaban J connectivity index is 1.71. The van der Waals surface area contributed by atoms with Gasteiger partial charge in [0.15, 0.2) is 0 Å². The fourth-order valence-electron chi connectivity index (χ4n) is 4.50. The van der Waals surface area contributed by atoms with Crippen LogP contribution in [-0.2, 0) is 28.3 Å². The van der Waals surface area contributed by atoms with Gasteiger partial charge in [0.25, 0.3) is 10.0 Å². The molecule has 1 heterocycles. The highest BCUT2D eigenvalue weighted by atomic mass is 32.2. The predicted octanol–water partition coefficient (Wildman–Crippen LogP) is 5.27. The smallest absolute Gasteiger partial charge is 0.343 e. The molecule has 180 valence electrons. The highest BCUT2D eigenvalue weighted by Crippen LogP contribution is 2.39. The lowest BCUT2D eigenvalue weighted by molar-refractivity contribution is 0.374. The van der Waals surface area contributed by atoms with Crippen LogP contribution in [0.15, 0.2) is 62.6 Å². The second-order valence-corrected chi connectivity index (χ2v) is 10.9. The van der Waals surface area contributed by atoms with E-state index in [4.69, 9.17) is 4.42 Å². The number of rotatable bonds is 5. The molecule has 2 N–H and O–H groups in total. The Morgan fingerprint density at radius 3 is 2.38 bits per heavy atom. The van der Waals surface area contributed by atoms with Crippen LogP contribution < -0.4 is 10.3 Å². The van der Waals surface area contributed by atoms with Gasteiger partial charge in [-0.2, -0.15) is 0 Å². The molecule has 3 aromatic rings. The highest BCUT2D eigenvalue weighted by Gasteiger charge is 2.33. The molecular formula is C26H28FNO5S. The lowest BCUT2D eigenvalue weighted by atomic mass is 9.77. The number of hydrogen-bond donors (Lipinski definition) is 2. The maximum absolute atomic E-state index is 13.2. The van der Waals surface area contributed by atoms with Crippen LogP contribution in [0.25, 0.3) is 0 Å². The summed E-state index contributed by atoms with van der Waals surface area (Å²) in [6.07, 6.45) is 5.22. The number of nitrogens with one attached hydrogen (secondary N) is 1. The first-order chi connectivity index (χ1) is 16.1. The normalized spacial score (nSPS) is 14.7. The molecule has 4 rings (SSSR count).